The summed E-state index contributed by atoms with van der Waals surface area (Å²) >= 11 is 0. The number of hydrogen-bond donors (Lipinski definition) is 1. The van der Waals surface area contributed by atoms with Crippen molar-refractivity contribution in [3.05, 3.63) is 29.8 Å². The van der Waals surface area contributed by atoms with Gasteiger partial charge in [-0.25, -0.2) is 17.5 Å². The van der Waals surface area contributed by atoms with Gasteiger partial charge in [-0.05, 0) is 25.5 Å². The average molecular weight is 283 g/mol. The molecular formula is C12H13NO5S. The number of carbonyl (C=O) groups is 2. The van der Waals surface area contributed by atoms with Crippen LogP contribution in [0.1, 0.15) is 18.4 Å². The van der Waals surface area contributed by atoms with Gasteiger partial charge in [0.15, 0.2) is 0 Å². The van der Waals surface area contributed by atoms with E-state index in [4.69, 9.17) is 5.11 Å². The van der Waals surface area contributed by atoms with Crippen LogP contribution < -0.4 is 0 Å². The molecule has 0 spiro atoms. The minimum atomic E-state index is -4.10. The monoisotopic (exact) mass is 283 g/mol. The molecule has 0 bridgehead atoms. The van der Waals surface area contributed by atoms with E-state index in [9.17, 15) is 18.0 Å². The Hall–Kier alpha value is -1.89. The van der Waals surface area contributed by atoms with E-state index in [-0.39, 0.29) is 17.7 Å². The summed E-state index contributed by atoms with van der Waals surface area (Å²) < 4.78 is 25.1. The Kier molecular flexibility index (Phi) is 3.32. The lowest BCUT2D eigenvalue weighted by molar-refractivity contribution is -0.143. The number of aryl methyl sites for hydroxylation is 1. The van der Waals surface area contributed by atoms with Gasteiger partial charge in [-0.2, -0.15) is 0 Å². The lowest BCUT2D eigenvalue weighted by Crippen LogP contribution is -2.42. The highest BCUT2D eigenvalue weighted by atomic mass is 32.2. The number of carbonyl (C=O) groups excluding carboxylic acids is 1. The molecular weight excluding hydrogens is 270 g/mol. The van der Waals surface area contributed by atoms with Crippen molar-refractivity contribution in [2.24, 2.45) is 0 Å². The lowest BCUT2D eigenvalue weighted by atomic mass is 10.2. The van der Waals surface area contributed by atoms with Crippen molar-refractivity contribution in [3.63, 3.8) is 0 Å². The van der Waals surface area contributed by atoms with Crippen molar-refractivity contribution in [1.82, 2.24) is 4.31 Å². The van der Waals surface area contributed by atoms with Gasteiger partial charge in [0, 0.05) is 6.42 Å². The molecule has 0 aliphatic carbocycles. The van der Waals surface area contributed by atoms with E-state index < -0.39 is 27.9 Å². The Balaban J connectivity index is 2.46. The fourth-order valence-corrected chi connectivity index (χ4v) is 3.61. The molecule has 0 saturated carbocycles. The largest absolute Gasteiger partial charge is 0.480 e. The van der Waals surface area contributed by atoms with Crippen LogP contribution in [0.15, 0.2) is 29.2 Å². The number of nitrogens with zero attached hydrogens (tertiary/aromatic N) is 1. The quantitative estimate of drug-likeness (QED) is 0.884. The first kappa shape index (κ1) is 13.5. The fourth-order valence-electron chi connectivity index (χ4n) is 2.01. The highest BCUT2D eigenvalue weighted by Gasteiger charge is 2.44. The number of benzene rings is 1. The fraction of sp³-hybridized carbons (Fsp3) is 0.333. The molecule has 1 aliphatic heterocycles. The van der Waals surface area contributed by atoms with Crippen LogP contribution in [0.2, 0.25) is 0 Å². The van der Waals surface area contributed by atoms with Crippen molar-refractivity contribution < 1.29 is 23.1 Å². The Bertz CT molecular complexity index is 620. The van der Waals surface area contributed by atoms with Gasteiger partial charge in [0.25, 0.3) is 10.0 Å². The summed E-state index contributed by atoms with van der Waals surface area (Å²) in [5.41, 5.74) is 0.876. The number of amides is 1. The third-order valence-corrected chi connectivity index (χ3v) is 4.87. The Morgan fingerprint density at radius 3 is 2.42 bits per heavy atom. The van der Waals surface area contributed by atoms with Gasteiger partial charge in [-0.15, -0.1) is 0 Å². The van der Waals surface area contributed by atoms with Crippen LogP contribution in [0.5, 0.6) is 0 Å². The molecule has 1 atom stereocenters. The molecule has 0 radical (unpaired) electrons. The number of aliphatic carboxylic acids is 1. The minimum Gasteiger partial charge on any atom is -0.480 e. The first-order chi connectivity index (χ1) is 8.84. The predicted octanol–water partition coefficient (Wildman–Crippen LogP) is 0.759. The number of hydrogen-bond acceptors (Lipinski definition) is 4. The Morgan fingerprint density at radius 1 is 1.32 bits per heavy atom. The molecule has 1 heterocycles. The highest BCUT2D eigenvalue weighted by Crippen LogP contribution is 2.27. The van der Waals surface area contributed by atoms with Crippen molar-refractivity contribution in [2.45, 2.75) is 30.7 Å². The predicted molar refractivity (Wildman–Crippen MR) is 65.9 cm³/mol. The van der Waals surface area contributed by atoms with E-state index in [1.807, 2.05) is 0 Å². The van der Waals surface area contributed by atoms with E-state index in [2.05, 4.69) is 0 Å². The van der Waals surface area contributed by atoms with Gasteiger partial charge < -0.3 is 5.11 Å². The zero-order chi connectivity index (χ0) is 14.2. The maximum Gasteiger partial charge on any atom is 0.327 e. The smallest absolute Gasteiger partial charge is 0.327 e. The third-order valence-electron chi connectivity index (χ3n) is 3.02. The van der Waals surface area contributed by atoms with Crippen LogP contribution >= 0.6 is 0 Å². The average Bonchev–Trinajstić information content (AvgIpc) is 2.72. The number of carboxylic acids is 1. The topological polar surface area (TPSA) is 91.8 Å². The van der Waals surface area contributed by atoms with Gasteiger partial charge in [0.2, 0.25) is 5.91 Å². The van der Waals surface area contributed by atoms with E-state index in [0.29, 0.717) is 4.31 Å². The summed E-state index contributed by atoms with van der Waals surface area (Å²) in [7, 11) is -4.10. The molecule has 1 aliphatic rings. The van der Waals surface area contributed by atoms with Gasteiger partial charge in [0.1, 0.15) is 6.04 Å². The molecule has 1 aromatic rings. The summed E-state index contributed by atoms with van der Waals surface area (Å²) in [6.45, 7) is 1.80. The van der Waals surface area contributed by atoms with E-state index >= 15 is 0 Å². The second-order valence-corrected chi connectivity index (χ2v) is 6.22. The molecule has 7 heteroatoms. The van der Waals surface area contributed by atoms with Crippen LogP contribution in [0.25, 0.3) is 0 Å². The van der Waals surface area contributed by atoms with Gasteiger partial charge >= 0.3 is 5.97 Å². The van der Waals surface area contributed by atoms with Crippen LogP contribution in [-0.4, -0.2) is 35.7 Å². The van der Waals surface area contributed by atoms with Crippen molar-refractivity contribution in [2.75, 3.05) is 0 Å². The molecule has 19 heavy (non-hydrogen) atoms. The van der Waals surface area contributed by atoms with E-state index in [0.717, 1.165) is 5.56 Å². The molecule has 1 saturated heterocycles. The minimum absolute atomic E-state index is 0.0132. The first-order valence-corrected chi connectivity index (χ1v) is 7.15. The van der Waals surface area contributed by atoms with Crippen molar-refractivity contribution in [1.29, 1.82) is 0 Å². The maximum absolute atomic E-state index is 12.3. The molecule has 0 unspecified atom stereocenters. The maximum atomic E-state index is 12.3. The number of rotatable bonds is 3. The Morgan fingerprint density at radius 2 is 1.89 bits per heavy atom. The zero-order valence-electron chi connectivity index (χ0n) is 10.2. The lowest BCUT2D eigenvalue weighted by Gasteiger charge is -2.21. The van der Waals surface area contributed by atoms with Gasteiger partial charge in [-0.1, -0.05) is 17.7 Å². The third kappa shape index (κ3) is 2.33. The highest BCUT2D eigenvalue weighted by molar-refractivity contribution is 7.89. The normalized spacial score (nSPS) is 19.7. The molecule has 0 aromatic heterocycles. The van der Waals surface area contributed by atoms with Crippen LogP contribution in [0.3, 0.4) is 0 Å². The van der Waals surface area contributed by atoms with Crippen LogP contribution in [-0.2, 0) is 19.6 Å². The number of sulfonamides is 1. The second kappa shape index (κ2) is 4.65. The van der Waals surface area contributed by atoms with Gasteiger partial charge in [0.05, 0.1) is 4.90 Å². The summed E-state index contributed by atoms with van der Waals surface area (Å²) in [6.07, 6.45) is -0.0542. The second-order valence-electron chi connectivity index (χ2n) is 4.40. The molecule has 1 fully saturated rings. The van der Waals surface area contributed by atoms with Crippen molar-refractivity contribution >= 4 is 21.9 Å². The van der Waals surface area contributed by atoms with E-state index in [1.54, 1.807) is 19.1 Å². The first-order valence-electron chi connectivity index (χ1n) is 5.71. The van der Waals surface area contributed by atoms with Crippen LogP contribution in [0.4, 0.5) is 0 Å². The molecule has 1 N–H and O–H groups in total. The summed E-state index contributed by atoms with van der Waals surface area (Å²) in [6, 6.07) is 4.63. The zero-order valence-corrected chi connectivity index (χ0v) is 11.1. The Labute approximate surface area is 110 Å². The van der Waals surface area contributed by atoms with Crippen molar-refractivity contribution in [3.8, 4) is 0 Å². The standard InChI is InChI=1S/C12H13NO5S/c1-8-2-4-9(5-3-8)19(17,18)13-10(12(15)16)6-7-11(13)14/h2-5,10H,6-7H2,1H3,(H,15,16)/t10-/m1/s1. The molecule has 2 rings (SSSR count). The van der Waals surface area contributed by atoms with E-state index in [1.165, 1.54) is 12.1 Å². The summed E-state index contributed by atoms with van der Waals surface area (Å²) in [4.78, 5) is 22.6. The molecule has 1 aromatic carbocycles. The van der Waals surface area contributed by atoms with Gasteiger partial charge in [-0.3, -0.25) is 4.79 Å². The molecule has 102 valence electrons. The molecule has 1 amide bonds. The summed E-state index contributed by atoms with van der Waals surface area (Å²) in [5.74, 6) is -1.98. The SMILES string of the molecule is Cc1ccc(S(=O)(=O)N2C(=O)CC[C@@H]2C(=O)O)cc1. The summed E-state index contributed by atoms with van der Waals surface area (Å²) in [5, 5.41) is 9.00. The molecule has 6 nitrogen and oxygen atoms in total. The number of carboxylic acid groups (broad SMARTS) is 1. The van der Waals surface area contributed by atoms with Crippen LogP contribution in [0, 0.1) is 6.92 Å².